The first-order valence-corrected chi connectivity index (χ1v) is 7.36. The summed E-state index contributed by atoms with van der Waals surface area (Å²) in [6.45, 7) is 2.48. The maximum absolute atomic E-state index is 5.39. The van der Waals surface area contributed by atoms with Crippen molar-refractivity contribution in [1.82, 2.24) is 0 Å². The Labute approximate surface area is 129 Å². The Morgan fingerprint density at radius 3 is 2.10 bits per heavy atom. The number of aromatic nitrogens is 1. The summed E-state index contributed by atoms with van der Waals surface area (Å²) in [5.41, 5.74) is 3.30. The van der Waals surface area contributed by atoms with Gasteiger partial charge in [-0.05, 0) is 31.3 Å². The highest BCUT2D eigenvalue weighted by Gasteiger charge is 2.17. The minimum atomic E-state index is 0.404. The molecule has 3 nitrogen and oxygen atoms in total. The van der Waals surface area contributed by atoms with E-state index in [2.05, 4.69) is 41.2 Å². The van der Waals surface area contributed by atoms with Gasteiger partial charge in [0.2, 0.25) is 11.0 Å². The van der Waals surface area contributed by atoms with Crippen LogP contribution in [0.5, 0.6) is 0 Å². The summed E-state index contributed by atoms with van der Waals surface area (Å²) in [7, 11) is 2.08. The lowest BCUT2D eigenvalue weighted by molar-refractivity contribution is -0.617. The molecule has 1 aromatic heterocycles. The van der Waals surface area contributed by atoms with Crippen LogP contribution in [0.15, 0.2) is 48.5 Å². The Bertz CT molecular complexity index is 772. The molecular formula is C17H17N2OS+. The normalized spacial score (nSPS) is 10.8. The average Bonchev–Trinajstić information content (AvgIpc) is 2.52. The lowest BCUT2D eigenvalue weighted by atomic mass is 10.1. The van der Waals surface area contributed by atoms with Gasteiger partial charge in [-0.2, -0.15) is 4.57 Å². The quantitative estimate of drug-likeness (QED) is 0.445. The molecule has 3 rings (SSSR count). The highest BCUT2D eigenvalue weighted by Crippen LogP contribution is 2.29. The summed E-state index contributed by atoms with van der Waals surface area (Å²) >= 11 is 5.25. The van der Waals surface area contributed by atoms with E-state index in [4.69, 9.17) is 17.0 Å². The van der Waals surface area contributed by atoms with E-state index in [9.17, 15) is 0 Å². The molecule has 0 saturated heterocycles. The molecule has 0 unspecified atom stereocenters. The fourth-order valence-corrected chi connectivity index (χ4v) is 2.85. The van der Waals surface area contributed by atoms with Crippen molar-refractivity contribution in [2.75, 3.05) is 11.9 Å². The van der Waals surface area contributed by atoms with Crippen molar-refractivity contribution in [3.05, 3.63) is 48.5 Å². The van der Waals surface area contributed by atoms with Crippen LogP contribution < -0.4 is 9.88 Å². The number of nitrogens with one attached hydrogen (secondary N) is 1. The number of benzene rings is 2. The molecule has 1 N–H and O–H groups in total. The van der Waals surface area contributed by atoms with Gasteiger partial charge in [-0.1, -0.05) is 24.3 Å². The van der Waals surface area contributed by atoms with Crippen LogP contribution >= 0.6 is 12.2 Å². The number of thiocarbonyl (C=S) groups is 1. The van der Waals surface area contributed by atoms with Crippen molar-refractivity contribution in [3.63, 3.8) is 0 Å². The van der Waals surface area contributed by atoms with Crippen molar-refractivity contribution in [2.45, 2.75) is 6.92 Å². The fourth-order valence-electron chi connectivity index (χ4n) is 2.63. The maximum atomic E-state index is 5.39. The third-order valence-electron chi connectivity index (χ3n) is 3.57. The van der Waals surface area contributed by atoms with E-state index >= 15 is 0 Å². The molecule has 0 radical (unpaired) electrons. The molecular weight excluding hydrogens is 280 g/mol. The van der Waals surface area contributed by atoms with Gasteiger partial charge in [-0.25, -0.2) is 0 Å². The van der Waals surface area contributed by atoms with Crippen molar-refractivity contribution >= 4 is 44.9 Å². The zero-order valence-corrected chi connectivity index (χ0v) is 12.9. The second kappa shape index (κ2) is 5.66. The summed E-state index contributed by atoms with van der Waals surface area (Å²) in [4.78, 5) is 0. The molecule has 0 spiro atoms. The number of pyridine rings is 1. The highest BCUT2D eigenvalue weighted by atomic mass is 32.1. The second-order valence-corrected chi connectivity index (χ2v) is 5.18. The standard InChI is InChI=1S/C17H16N2OS/c1-3-20-17(21)18-16-12-8-4-6-10-14(12)19(2)15-11-7-5-9-13(15)16/h4-11H,3H2,1-2H3/p+1. The van der Waals surface area contributed by atoms with Crippen LogP contribution in [0.2, 0.25) is 0 Å². The van der Waals surface area contributed by atoms with Crippen LogP contribution in [0.3, 0.4) is 0 Å². The molecule has 1 heterocycles. The fraction of sp³-hybridized carbons (Fsp3) is 0.176. The molecule has 3 aromatic rings. The van der Waals surface area contributed by atoms with Gasteiger partial charge in [0.1, 0.15) is 7.05 Å². The van der Waals surface area contributed by atoms with Crippen LogP contribution in [0, 0.1) is 0 Å². The first-order valence-electron chi connectivity index (χ1n) is 6.95. The van der Waals surface area contributed by atoms with Gasteiger partial charge in [-0.3, -0.25) is 0 Å². The van der Waals surface area contributed by atoms with Crippen molar-refractivity contribution in [1.29, 1.82) is 0 Å². The predicted molar refractivity (Wildman–Crippen MR) is 90.5 cm³/mol. The number of rotatable bonds is 2. The third kappa shape index (κ3) is 2.43. The summed E-state index contributed by atoms with van der Waals surface area (Å²) in [5, 5.41) is 5.91. The lowest BCUT2D eigenvalue weighted by Crippen LogP contribution is -2.30. The van der Waals surface area contributed by atoms with Crippen molar-refractivity contribution in [2.24, 2.45) is 7.05 Å². The third-order valence-corrected chi connectivity index (χ3v) is 3.79. The zero-order chi connectivity index (χ0) is 14.8. The Morgan fingerprint density at radius 2 is 1.57 bits per heavy atom. The summed E-state index contributed by atoms with van der Waals surface area (Å²) in [6, 6.07) is 16.6. The van der Waals surface area contributed by atoms with Gasteiger partial charge < -0.3 is 10.1 Å². The van der Waals surface area contributed by atoms with Crippen LogP contribution in [0.25, 0.3) is 21.8 Å². The van der Waals surface area contributed by atoms with Crippen LogP contribution in [-0.2, 0) is 11.8 Å². The number of hydrogen-bond donors (Lipinski definition) is 1. The van der Waals surface area contributed by atoms with E-state index in [1.54, 1.807) is 0 Å². The number of nitrogens with zero attached hydrogens (tertiary/aromatic N) is 1. The first-order chi connectivity index (χ1) is 10.2. The van der Waals surface area contributed by atoms with Gasteiger partial charge >= 0.3 is 0 Å². The van der Waals surface area contributed by atoms with E-state index in [1.807, 2.05) is 31.2 Å². The molecule has 106 valence electrons. The summed E-state index contributed by atoms with van der Waals surface area (Å²) in [6.07, 6.45) is 0. The summed E-state index contributed by atoms with van der Waals surface area (Å²) < 4.78 is 7.58. The highest BCUT2D eigenvalue weighted by molar-refractivity contribution is 7.80. The molecule has 0 aliphatic rings. The SMILES string of the molecule is CCOC(=S)Nc1c2ccccc2[n+](C)c2ccccc12. The van der Waals surface area contributed by atoms with E-state index < -0.39 is 0 Å². The van der Waals surface area contributed by atoms with Gasteiger partial charge in [0.05, 0.1) is 23.1 Å². The Morgan fingerprint density at radius 1 is 1.05 bits per heavy atom. The minimum absolute atomic E-state index is 0.404. The Hall–Kier alpha value is -2.20. The molecule has 21 heavy (non-hydrogen) atoms. The first kappa shape index (κ1) is 13.8. The summed E-state index contributed by atoms with van der Waals surface area (Å²) in [5.74, 6) is 0. The number of aryl methyl sites for hydroxylation is 1. The van der Waals surface area contributed by atoms with Crippen LogP contribution in [0.1, 0.15) is 6.92 Å². The molecule has 0 saturated carbocycles. The van der Waals surface area contributed by atoms with Gasteiger partial charge in [0, 0.05) is 12.1 Å². The molecule has 0 bridgehead atoms. The second-order valence-electron chi connectivity index (χ2n) is 4.81. The monoisotopic (exact) mass is 297 g/mol. The van der Waals surface area contributed by atoms with E-state index in [0.29, 0.717) is 11.8 Å². The molecule has 0 atom stereocenters. The van der Waals surface area contributed by atoms with E-state index in [-0.39, 0.29) is 0 Å². The Kier molecular flexibility index (Phi) is 3.71. The van der Waals surface area contributed by atoms with E-state index in [0.717, 1.165) is 27.5 Å². The maximum Gasteiger partial charge on any atom is 0.261 e. The number of para-hydroxylation sites is 2. The average molecular weight is 297 g/mol. The molecule has 0 fully saturated rings. The van der Waals surface area contributed by atoms with Crippen molar-refractivity contribution < 1.29 is 9.30 Å². The minimum Gasteiger partial charge on any atom is -0.471 e. The Balaban J connectivity index is 2.32. The number of anilines is 1. The van der Waals surface area contributed by atoms with E-state index in [1.165, 1.54) is 0 Å². The molecule has 4 heteroatoms. The van der Waals surface area contributed by atoms with Gasteiger partial charge in [0.25, 0.3) is 5.17 Å². The van der Waals surface area contributed by atoms with Gasteiger partial charge in [0.15, 0.2) is 0 Å². The number of hydrogen-bond acceptors (Lipinski definition) is 2. The topological polar surface area (TPSA) is 25.1 Å². The predicted octanol–water partition coefficient (Wildman–Crippen LogP) is 3.55. The molecule has 0 aliphatic heterocycles. The molecule has 2 aromatic carbocycles. The zero-order valence-electron chi connectivity index (χ0n) is 12.1. The number of ether oxygens (including phenoxy) is 1. The van der Waals surface area contributed by atoms with Crippen LogP contribution in [0.4, 0.5) is 5.69 Å². The number of fused-ring (bicyclic) bond motifs is 2. The largest absolute Gasteiger partial charge is 0.471 e. The van der Waals surface area contributed by atoms with Gasteiger partial charge in [-0.15, -0.1) is 0 Å². The smallest absolute Gasteiger partial charge is 0.261 e. The van der Waals surface area contributed by atoms with Crippen molar-refractivity contribution in [3.8, 4) is 0 Å². The molecule has 0 aliphatic carbocycles. The molecule has 0 amide bonds. The van der Waals surface area contributed by atoms with Crippen LogP contribution in [-0.4, -0.2) is 11.8 Å². The lowest BCUT2D eigenvalue weighted by Gasteiger charge is -2.12.